The third kappa shape index (κ3) is 5.67. The van der Waals surface area contributed by atoms with Crippen LogP contribution in [0.25, 0.3) is 0 Å². The molecule has 2 atom stereocenters. The van der Waals surface area contributed by atoms with Crippen LogP contribution in [0.1, 0.15) is 29.5 Å². The fourth-order valence-electron chi connectivity index (χ4n) is 5.72. The molecule has 7 N–H and O–H groups in total. The van der Waals surface area contributed by atoms with Crippen molar-refractivity contribution in [3.05, 3.63) is 89.5 Å². The number of phenols is 3. The van der Waals surface area contributed by atoms with E-state index >= 15 is 0 Å². The van der Waals surface area contributed by atoms with Crippen LogP contribution < -0.4 is 0 Å². The Morgan fingerprint density at radius 1 is 0.568 bits per heavy atom. The van der Waals surface area contributed by atoms with Crippen molar-refractivity contribution in [2.45, 2.75) is 54.5 Å². The number of benzene rings is 3. The van der Waals surface area contributed by atoms with Crippen LogP contribution >= 0.6 is 0 Å². The van der Waals surface area contributed by atoms with Crippen molar-refractivity contribution in [1.29, 1.82) is 0 Å². The number of ether oxygens (including phenoxy) is 1. The van der Waals surface area contributed by atoms with Gasteiger partial charge in [-0.25, -0.2) is 4.79 Å². The molecule has 0 saturated heterocycles. The molecule has 1 saturated carbocycles. The van der Waals surface area contributed by atoms with Crippen molar-refractivity contribution in [2.24, 2.45) is 0 Å². The molecular weight excluding hydrogens is 576 g/mol. The van der Waals surface area contributed by atoms with Crippen LogP contribution in [0.2, 0.25) is 0 Å². The van der Waals surface area contributed by atoms with Gasteiger partial charge >= 0.3 is 5.97 Å². The van der Waals surface area contributed by atoms with Crippen LogP contribution in [0.3, 0.4) is 0 Å². The van der Waals surface area contributed by atoms with E-state index in [0.29, 0.717) is 0 Å². The van der Waals surface area contributed by atoms with Gasteiger partial charge in [0.2, 0.25) is 0 Å². The highest BCUT2D eigenvalue weighted by atomic mass is 16.5. The van der Waals surface area contributed by atoms with E-state index < -0.39 is 77.8 Å². The number of ketones is 3. The van der Waals surface area contributed by atoms with Gasteiger partial charge in [0.25, 0.3) is 0 Å². The molecule has 1 aliphatic rings. The highest BCUT2D eigenvalue weighted by Crippen LogP contribution is 2.51. The molecular formula is C32H32O12. The first-order chi connectivity index (χ1) is 20.6. The summed E-state index contributed by atoms with van der Waals surface area (Å²) < 4.78 is 4.66. The SMILES string of the molecule is COC(=O)C1(O)C[C@](O)(C(=O)Cc2ccc(O)cc2)C(O)(C(=O)Cc2ccc(O)cc2)[C@@](O)(C(=O)Cc2ccc(O)cc2)C1. The van der Waals surface area contributed by atoms with Crippen LogP contribution in [-0.4, -0.2) is 88.6 Å². The second kappa shape index (κ2) is 11.8. The number of Topliss-reactive ketones (excluding diaryl/α,β-unsaturated/α-hetero) is 3. The van der Waals surface area contributed by atoms with Crippen LogP contribution in [-0.2, 0) is 43.2 Å². The third-order valence-electron chi connectivity index (χ3n) is 8.09. The van der Waals surface area contributed by atoms with Gasteiger partial charge in [-0.3, -0.25) is 14.4 Å². The van der Waals surface area contributed by atoms with Gasteiger partial charge in [-0.2, -0.15) is 0 Å². The van der Waals surface area contributed by atoms with E-state index in [9.17, 15) is 54.9 Å². The first-order valence-corrected chi connectivity index (χ1v) is 13.5. The topological polar surface area (TPSA) is 219 Å². The van der Waals surface area contributed by atoms with Crippen LogP contribution in [0.4, 0.5) is 0 Å². The molecule has 232 valence electrons. The number of hydrogen-bond acceptors (Lipinski definition) is 12. The van der Waals surface area contributed by atoms with E-state index in [4.69, 9.17) is 0 Å². The van der Waals surface area contributed by atoms with E-state index in [-0.39, 0.29) is 33.9 Å². The molecule has 0 spiro atoms. The lowest BCUT2D eigenvalue weighted by Gasteiger charge is -2.56. The Kier molecular flexibility index (Phi) is 8.67. The number of hydrogen-bond donors (Lipinski definition) is 7. The molecule has 12 heteroatoms. The summed E-state index contributed by atoms with van der Waals surface area (Å²) in [5, 5.41) is 76.8. The summed E-state index contributed by atoms with van der Waals surface area (Å²) in [5.74, 6) is -5.94. The van der Waals surface area contributed by atoms with Crippen molar-refractivity contribution >= 4 is 23.3 Å². The zero-order valence-electron chi connectivity index (χ0n) is 23.6. The summed E-state index contributed by atoms with van der Waals surface area (Å²) in [4.78, 5) is 54.8. The maximum Gasteiger partial charge on any atom is 0.338 e. The molecule has 4 rings (SSSR count). The van der Waals surface area contributed by atoms with Gasteiger partial charge in [-0.1, -0.05) is 36.4 Å². The molecule has 0 amide bonds. The smallest absolute Gasteiger partial charge is 0.338 e. The predicted molar refractivity (Wildman–Crippen MR) is 152 cm³/mol. The Balaban J connectivity index is 1.91. The summed E-state index contributed by atoms with van der Waals surface area (Å²) in [7, 11) is 0.881. The quantitative estimate of drug-likeness (QED) is 0.156. The lowest BCUT2D eigenvalue weighted by atomic mass is 9.52. The first kappa shape index (κ1) is 32.3. The number of aromatic hydroxyl groups is 3. The van der Waals surface area contributed by atoms with E-state index in [1.165, 1.54) is 72.8 Å². The molecule has 3 aromatic carbocycles. The molecule has 0 bridgehead atoms. The van der Waals surface area contributed by atoms with Gasteiger partial charge in [0.1, 0.15) is 17.2 Å². The maximum absolute atomic E-state index is 14.1. The Morgan fingerprint density at radius 3 is 1.16 bits per heavy atom. The molecule has 0 aliphatic heterocycles. The lowest BCUT2D eigenvalue weighted by Crippen LogP contribution is -2.83. The number of carbonyl (C=O) groups excluding carboxylic acids is 4. The zero-order valence-corrected chi connectivity index (χ0v) is 23.6. The second-order valence-electron chi connectivity index (χ2n) is 11.1. The van der Waals surface area contributed by atoms with E-state index in [2.05, 4.69) is 4.74 Å². The molecule has 0 aromatic heterocycles. The highest BCUT2D eigenvalue weighted by molar-refractivity contribution is 6.08. The van der Waals surface area contributed by atoms with Gasteiger partial charge in [-0.05, 0) is 53.1 Å². The van der Waals surface area contributed by atoms with Crippen molar-refractivity contribution in [3.63, 3.8) is 0 Å². The standard InChI is InChI=1S/C32H32O12/c1-44-28(39)29(40)17-30(41,25(36)14-19-2-8-22(33)9-3-19)32(43,27(38)16-21-6-12-24(35)13-7-21)31(42,18-29)26(37)15-20-4-10-23(34)11-5-20/h2-13,33-35,40-43H,14-18H2,1H3/t29?,30-,31-,32?/m0/s1. The normalized spacial score (nSPS) is 26.5. The minimum Gasteiger partial charge on any atom is -0.508 e. The largest absolute Gasteiger partial charge is 0.508 e. The summed E-state index contributed by atoms with van der Waals surface area (Å²) in [6.07, 6.45) is -4.83. The fraction of sp³-hybridized carbons (Fsp3) is 0.312. The maximum atomic E-state index is 14.1. The Hall–Kier alpha value is -4.62. The lowest BCUT2D eigenvalue weighted by molar-refractivity contribution is -0.272. The molecule has 0 heterocycles. The summed E-state index contributed by atoms with van der Waals surface area (Å²) in [5.41, 5.74) is -12.9. The van der Waals surface area contributed by atoms with Gasteiger partial charge in [0, 0.05) is 32.1 Å². The van der Waals surface area contributed by atoms with E-state index in [1.807, 2.05) is 0 Å². The monoisotopic (exact) mass is 608 g/mol. The minimum absolute atomic E-state index is 0.146. The van der Waals surface area contributed by atoms with E-state index in [0.717, 1.165) is 7.11 Å². The van der Waals surface area contributed by atoms with Crippen LogP contribution in [0.5, 0.6) is 17.2 Å². The van der Waals surface area contributed by atoms with Crippen LogP contribution in [0.15, 0.2) is 72.8 Å². The average Bonchev–Trinajstić information content (AvgIpc) is 2.98. The molecule has 44 heavy (non-hydrogen) atoms. The number of methoxy groups -OCH3 is 1. The summed E-state index contributed by atoms with van der Waals surface area (Å²) in [6, 6.07) is 15.2. The molecule has 3 aromatic rings. The van der Waals surface area contributed by atoms with Gasteiger partial charge in [-0.15, -0.1) is 0 Å². The average molecular weight is 609 g/mol. The van der Waals surface area contributed by atoms with Gasteiger partial charge in [0.15, 0.2) is 39.8 Å². The fourth-order valence-corrected chi connectivity index (χ4v) is 5.72. The second-order valence-corrected chi connectivity index (χ2v) is 11.1. The predicted octanol–water partition coefficient (Wildman–Crippen LogP) is 0.430. The Bertz CT molecular complexity index is 1490. The summed E-state index contributed by atoms with van der Waals surface area (Å²) in [6.45, 7) is 0. The number of rotatable bonds is 10. The highest BCUT2D eigenvalue weighted by Gasteiger charge is 2.77. The Labute approximate surface area is 251 Å². The third-order valence-corrected chi connectivity index (χ3v) is 8.09. The van der Waals surface area contributed by atoms with E-state index in [1.54, 1.807) is 0 Å². The number of esters is 1. The molecule has 1 aliphatic carbocycles. The minimum atomic E-state index is -3.62. The van der Waals surface area contributed by atoms with Crippen molar-refractivity contribution in [1.82, 2.24) is 0 Å². The number of carbonyl (C=O) groups is 4. The van der Waals surface area contributed by atoms with Gasteiger partial charge in [0.05, 0.1) is 7.11 Å². The van der Waals surface area contributed by atoms with Gasteiger partial charge < -0.3 is 40.5 Å². The molecule has 1 fully saturated rings. The van der Waals surface area contributed by atoms with Crippen molar-refractivity contribution < 1.29 is 59.7 Å². The molecule has 12 nitrogen and oxygen atoms in total. The molecule has 0 radical (unpaired) electrons. The van der Waals surface area contributed by atoms with Crippen molar-refractivity contribution in [3.8, 4) is 17.2 Å². The summed E-state index contributed by atoms with van der Waals surface area (Å²) >= 11 is 0. The van der Waals surface area contributed by atoms with Crippen LogP contribution in [0, 0.1) is 0 Å². The Morgan fingerprint density at radius 2 is 0.864 bits per heavy atom. The number of aliphatic hydroxyl groups is 4. The molecule has 0 unspecified atom stereocenters. The first-order valence-electron chi connectivity index (χ1n) is 13.5. The van der Waals surface area contributed by atoms with Crippen molar-refractivity contribution in [2.75, 3.05) is 7.11 Å². The number of phenolic OH excluding ortho intramolecular Hbond substituents is 3. The zero-order chi connectivity index (χ0) is 32.5.